The van der Waals surface area contributed by atoms with Crippen LogP contribution in [0.4, 0.5) is 0 Å². The second-order valence-electron chi connectivity index (χ2n) is 2.88. The van der Waals surface area contributed by atoms with E-state index in [0.29, 0.717) is 5.56 Å². The third-order valence-electron chi connectivity index (χ3n) is 1.74. The molecule has 5 heteroatoms. The summed E-state index contributed by atoms with van der Waals surface area (Å²) in [5.41, 5.74) is 0.431. The van der Waals surface area contributed by atoms with Crippen molar-refractivity contribution in [2.75, 3.05) is 0 Å². The van der Waals surface area contributed by atoms with E-state index in [0.717, 1.165) is 0 Å². The second kappa shape index (κ2) is 6.61. The number of amides is 1. The smallest absolute Gasteiger partial charge is 0.548 e. The van der Waals surface area contributed by atoms with Crippen LogP contribution in [0.3, 0.4) is 0 Å². The summed E-state index contributed by atoms with van der Waals surface area (Å²) in [6, 6.07) is 7.42. The number of hydrogen-bond donors (Lipinski definition) is 1. The average molecular weight is 215 g/mol. The van der Waals surface area contributed by atoms with Crippen LogP contribution in [0.2, 0.25) is 0 Å². The van der Waals surface area contributed by atoms with Gasteiger partial charge in [0.15, 0.2) is 0 Å². The summed E-state index contributed by atoms with van der Waals surface area (Å²) in [4.78, 5) is 21.7. The van der Waals surface area contributed by atoms with Crippen LogP contribution in [-0.4, -0.2) is 17.9 Å². The molecule has 0 saturated heterocycles. The third-order valence-corrected chi connectivity index (χ3v) is 1.74. The number of aliphatic carboxylic acids is 1. The van der Waals surface area contributed by atoms with Gasteiger partial charge < -0.3 is 15.2 Å². The van der Waals surface area contributed by atoms with E-state index < -0.39 is 17.9 Å². The van der Waals surface area contributed by atoms with Gasteiger partial charge in [0.2, 0.25) is 0 Å². The average Bonchev–Trinajstić information content (AvgIpc) is 2.19. The van der Waals surface area contributed by atoms with Gasteiger partial charge in [0.1, 0.15) is 0 Å². The van der Waals surface area contributed by atoms with Gasteiger partial charge in [0.05, 0.1) is 12.0 Å². The Morgan fingerprint density at radius 3 is 2.27 bits per heavy atom. The molecular weight excluding hydrogens is 205 g/mol. The van der Waals surface area contributed by atoms with Gasteiger partial charge in [-0.2, -0.15) is 0 Å². The molecule has 1 aromatic rings. The summed E-state index contributed by atoms with van der Waals surface area (Å²) in [5.74, 6) is -1.71. The Morgan fingerprint density at radius 2 is 1.80 bits per heavy atom. The van der Waals surface area contributed by atoms with Gasteiger partial charge in [-0.25, -0.2) is 0 Å². The van der Waals surface area contributed by atoms with Crippen molar-refractivity contribution in [2.24, 2.45) is 0 Å². The van der Waals surface area contributed by atoms with Crippen LogP contribution >= 0.6 is 0 Å². The zero-order valence-corrected chi connectivity index (χ0v) is 10.7. The van der Waals surface area contributed by atoms with Gasteiger partial charge in [-0.1, -0.05) is 18.2 Å². The Kier molecular flexibility index (Phi) is 6.24. The van der Waals surface area contributed by atoms with Crippen molar-refractivity contribution in [1.29, 1.82) is 0 Å². The largest absolute Gasteiger partial charge is 1.00 e. The molecule has 1 amide bonds. The predicted octanol–water partition coefficient (Wildman–Crippen LogP) is -3.44. The molecule has 1 N–H and O–H groups in total. The minimum absolute atomic E-state index is 0. The Balaban J connectivity index is 0.00000196. The molecule has 0 spiro atoms. The number of hydrogen-bond acceptors (Lipinski definition) is 3. The molecule has 0 aliphatic rings. The van der Waals surface area contributed by atoms with Crippen LogP contribution in [-0.2, 0) is 4.79 Å². The number of carbonyl (C=O) groups excluding carboxylic acids is 2. The summed E-state index contributed by atoms with van der Waals surface area (Å²) >= 11 is 0. The van der Waals surface area contributed by atoms with Gasteiger partial charge >= 0.3 is 29.6 Å². The van der Waals surface area contributed by atoms with Gasteiger partial charge in [-0.05, 0) is 19.1 Å². The van der Waals surface area contributed by atoms with Crippen molar-refractivity contribution in [3.8, 4) is 0 Å². The number of nitrogens with one attached hydrogen (secondary N) is 1. The van der Waals surface area contributed by atoms with E-state index in [1.54, 1.807) is 30.3 Å². The molecule has 1 unspecified atom stereocenters. The van der Waals surface area contributed by atoms with Crippen molar-refractivity contribution in [3.63, 3.8) is 0 Å². The Morgan fingerprint density at radius 1 is 1.27 bits per heavy atom. The van der Waals surface area contributed by atoms with Gasteiger partial charge in [0.25, 0.3) is 5.91 Å². The number of benzene rings is 1. The number of rotatable bonds is 3. The Bertz CT molecular complexity index is 340. The molecule has 74 valence electrons. The molecule has 15 heavy (non-hydrogen) atoms. The minimum Gasteiger partial charge on any atom is -0.548 e. The van der Waals surface area contributed by atoms with E-state index >= 15 is 0 Å². The van der Waals surface area contributed by atoms with Crippen molar-refractivity contribution < 1.29 is 44.3 Å². The van der Waals surface area contributed by atoms with Crippen molar-refractivity contribution in [1.82, 2.24) is 5.32 Å². The molecule has 0 bridgehead atoms. The quantitative estimate of drug-likeness (QED) is 0.533. The molecule has 0 radical (unpaired) electrons. The number of carboxylic acids is 1. The van der Waals surface area contributed by atoms with Gasteiger partial charge in [0, 0.05) is 5.56 Å². The molecule has 0 heterocycles. The molecule has 4 nitrogen and oxygen atoms in total. The molecule has 1 atom stereocenters. The van der Waals surface area contributed by atoms with E-state index in [-0.39, 0.29) is 29.6 Å². The molecule has 0 aliphatic carbocycles. The molecule has 0 fully saturated rings. The fourth-order valence-corrected chi connectivity index (χ4v) is 0.928. The number of carbonyl (C=O) groups is 2. The first-order valence-corrected chi connectivity index (χ1v) is 4.18. The molecule has 1 rings (SSSR count). The van der Waals surface area contributed by atoms with E-state index in [1.165, 1.54) is 6.92 Å². The molecule has 0 saturated carbocycles. The summed E-state index contributed by atoms with van der Waals surface area (Å²) in [5, 5.41) is 12.6. The minimum atomic E-state index is -1.30. The predicted molar refractivity (Wildman–Crippen MR) is 48.4 cm³/mol. The summed E-state index contributed by atoms with van der Waals surface area (Å²) in [6.07, 6.45) is 0. The van der Waals surface area contributed by atoms with E-state index in [9.17, 15) is 14.7 Å². The Hall–Kier alpha value is -0.840. The second-order valence-corrected chi connectivity index (χ2v) is 2.88. The maximum Gasteiger partial charge on any atom is 1.00 e. The fraction of sp³-hybridized carbons (Fsp3) is 0.200. The van der Waals surface area contributed by atoms with Crippen LogP contribution in [0.15, 0.2) is 30.3 Å². The van der Waals surface area contributed by atoms with Crippen molar-refractivity contribution in [2.45, 2.75) is 13.0 Å². The zero-order chi connectivity index (χ0) is 10.6. The van der Waals surface area contributed by atoms with Crippen LogP contribution in [0, 0.1) is 0 Å². The van der Waals surface area contributed by atoms with Crippen LogP contribution in [0.1, 0.15) is 17.3 Å². The van der Waals surface area contributed by atoms with Gasteiger partial charge in [-0.15, -0.1) is 0 Å². The molecular formula is C10H10NNaO3. The topological polar surface area (TPSA) is 69.2 Å². The molecule has 0 aliphatic heterocycles. The van der Waals surface area contributed by atoms with E-state index in [1.807, 2.05) is 0 Å². The fourth-order valence-electron chi connectivity index (χ4n) is 0.928. The first kappa shape index (κ1) is 14.2. The van der Waals surface area contributed by atoms with Crippen LogP contribution in [0.25, 0.3) is 0 Å². The maximum absolute atomic E-state index is 11.4. The first-order valence-electron chi connectivity index (χ1n) is 4.18. The van der Waals surface area contributed by atoms with E-state index in [4.69, 9.17) is 0 Å². The van der Waals surface area contributed by atoms with Crippen LogP contribution < -0.4 is 40.0 Å². The third kappa shape index (κ3) is 4.46. The SMILES string of the molecule is CC(NC(=O)c1ccccc1)C(=O)[O-].[Na+]. The van der Waals surface area contributed by atoms with Crippen LogP contribution in [0.5, 0.6) is 0 Å². The van der Waals surface area contributed by atoms with Crippen molar-refractivity contribution >= 4 is 11.9 Å². The molecule has 0 aromatic heterocycles. The zero-order valence-electron chi connectivity index (χ0n) is 8.69. The summed E-state index contributed by atoms with van der Waals surface area (Å²) in [7, 11) is 0. The summed E-state index contributed by atoms with van der Waals surface area (Å²) < 4.78 is 0. The van der Waals surface area contributed by atoms with Crippen molar-refractivity contribution in [3.05, 3.63) is 35.9 Å². The number of carboxylic acid groups (broad SMARTS) is 1. The van der Waals surface area contributed by atoms with Gasteiger partial charge in [-0.3, -0.25) is 4.79 Å². The monoisotopic (exact) mass is 215 g/mol. The van der Waals surface area contributed by atoms with E-state index in [2.05, 4.69) is 5.32 Å². The Labute approximate surface area is 110 Å². The molecule has 1 aromatic carbocycles. The first-order chi connectivity index (χ1) is 6.61. The summed E-state index contributed by atoms with van der Waals surface area (Å²) in [6.45, 7) is 1.36. The maximum atomic E-state index is 11.4. The normalized spacial score (nSPS) is 11.0. The standard InChI is InChI=1S/C10H11NO3.Na/c1-7(10(13)14)11-9(12)8-5-3-2-4-6-8;/h2-7H,1H3,(H,11,12)(H,13,14);/q;+1/p-1.